The van der Waals surface area contributed by atoms with Crippen molar-refractivity contribution >= 4 is 34.7 Å². The Morgan fingerprint density at radius 1 is 1.24 bits per heavy atom. The van der Waals surface area contributed by atoms with Gasteiger partial charge in [-0.15, -0.1) is 0 Å². The van der Waals surface area contributed by atoms with Gasteiger partial charge in [0.25, 0.3) is 0 Å². The SMILES string of the molecule is CCN(CC)CCCNC(=S)Nc1ccn(Cc2ccccc2Cl)n1. The molecule has 5 nitrogen and oxygen atoms in total. The highest BCUT2D eigenvalue weighted by Crippen LogP contribution is 2.16. The summed E-state index contributed by atoms with van der Waals surface area (Å²) in [6, 6.07) is 9.68. The molecular weight excluding hydrogens is 354 g/mol. The predicted molar refractivity (Wildman–Crippen MR) is 109 cm³/mol. The van der Waals surface area contributed by atoms with Crippen LogP contribution in [0.25, 0.3) is 0 Å². The van der Waals surface area contributed by atoms with Crippen LogP contribution in [0.4, 0.5) is 5.82 Å². The quantitative estimate of drug-likeness (QED) is 0.514. The third-order valence-corrected chi connectivity index (χ3v) is 4.62. The summed E-state index contributed by atoms with van der Waals surface area (Å²) in [6.07, 6.45) is 2.97. The molecule has 0 aliphatic heterocycles. The summed E-state index contributed by atoms with van der Waals surface area (Å²) in [5.41, 5.74) is 1.04. The van der Waals surface area contributed by atoms with Crippen molar-refractivity contribution in [3.05, 3.63) is 47.1 Å². The molecule has 0 saturated heterocycles. The number of thiocarbonyl (C=S) groups is 1. The maximum atomic E-state index is 6.19. The molecule has 0 fully saturated rings. The lowest BCUT2D eigenvalue weighted by molar-refractivity contribution is 0.300. The standard InChI is InChI=1S/C18H26ClN5S/c1-3-23(4-2)12-7-11-20-18(25)21-17-10-13-24(22-17)14-15-8-5-6-9-16(15)19/h5-6,8-10,13H,3-4,7,11-12,14H2,1-2H3,(H2,20,21,22,25). The molecule has 2 aromatic rings. The van der Waals surface area contributed by atoms with Crippen molar-refractivity contribution in [2.24, 2.45) is 0 Å². The number of aromatic nitrogens is 2. The minimum atomic E-state index is 0.600. The zero-order chi connectivity index (χ0) is 18.1. The van der Waals surface area contributed by atoms with Crippen molar-refractivity contribution in [2.45, 2.75) is 26.8 Å². The molecule has 7 heteroatoms. The van der Waals surface area contributed by atoms with Crippen LogP contribution in [-0.2, 0) is 6.54 Å². The minimum absolute atomic E-state index is 0.600. The molecule has 2 rings (SSSR count). The average molecular weight is 380 g/mol. The van der Waals surface area contributed by atoms with E-state index < -0.39 is 0 Å². The van der Waals surface area contributed by atoms with Crippen molar-refractivity contribution in [1.29, 1.82) is 0 Å². The largest absolute Gasteiger partial charge is 0.362 e. The smallest absolute Gasteiger partial charge is 0.171 e. The molecule has 1 heterocycles. The summed E-state index contributed by atoms with van der Waals surface area (Å²) >= 11 is 11.5. The van der Waals surface area contributed by atoms with Crippen molar-refractivity contribution in [3.8, 4) is 0 Å². The number of benzene rings is 1. The predicted octanol–water partition coefficient (Wildman–Crippen LogP) is 3.60. The molecule has 136 valence electrons. The number of halogens is 1. The number of rotatable bonds is 9. The van der Waals surface area contributed by atoms with Crippen LogP contribution >= 0.6 is 23.8 Å². The highest BCUT2D eigenvalue weighted by Gasteiger charge is 2.05. The lowest BCUT2D eigenvalue weighted by atomic mass is 10.2. The van der Waals surface area contributed by atoms with Crippen LogP contribution in [0, 0.1) is 0 Å². The Kier molecular flexibility index (Phi) is 8.18. The van der Waals surface area contributed by atoms with Crippen LogP contribution in [0.2, 0.25) is 5.02 Å². The summed E-state index contributed by atoms with van der Waals surface area (Å²) in [5.74, 6) is 0.730. The molecule has 0 saturated carbocycles. The molecule has 1 aromatic heterocycles. The van der Waals surface area contributed by atoms with Crippen molar-refractivity contribution in [1.82, 2.24) is 20.0 Å². The molecular formula is C18H26ClN5S. The Balaban J connectivity index is 1.75. The maximum Gasteiger partial charge on any atom is 0.171 e. The third-order valence-electron chi connectivity index (χ3n) is 4.00. The van der Waals surface area contributed by atoms with E-state index in [1.54, 1.807) is 0 Å². The van der Waals surface area contributed by atoms with E-state index in [1.165, 1.54) is 0 Å². The van der Waals surface area contributed by atoms with Gasteiger partial charge >= 0.3 is 0 Å². The van der Waals surface area contributed by atoms with E-state index in [2.05, 4.69) is 34.5 Å². The number of hydrogen-bond acceptors (Lipinski definition) is 3. The van der Waals surface area contributed by atoms with E-state index in [-0.39, 0.29) is 0 Å². The first kappa shape index (κ1) is 19.7. The first-order valence-electron chi connectivity index (χ1n) is 8.66. The molecule has 0 radical (unpaired) electrons. The van der Waals surface area contributed by atoms with E-state index in [0.29, 0.717) is 11.7 Å². The van der Waals surface area contributed by atoms with Gasteiger partial charge in [0.05, 0.1) is 6.54 Å². The number of hydrogen-bond donors (Lipinski definition) is 2. The maximum absolute atomic E-state index is 6.19. The first-order valence-corrected chi connectivity index (χ1v) is 9.45. The van der Waals surface area contributed by atoms with Gasteiger partial charge in [-0.2, -0.15) is 5.10 Å². The fraction of sp³-hybridized carbons (Fsp3) is 0.444. The number of anilines is 1. The van der Waals surface area contributed by atoms with E-state index in [9.17, 15) is 0 Å². The molecule has 2 N–H and O–H groups in total. The lowest BCUT2D eigenvalue weighted by Gasteiger charge is -2.18. The van der Waals surface area contributed by atoms with Crippen molar-refractivity contribution < 1.29 is 0 Å². The van der Waals surface area contributed by atoms with E-state index in [4.69, 9.17) is 23.8 Å². The molecule has 0 aliphatic rings. The monoisotopic (exact) mass is 379 g/mol. The minimum Gasteiger partial charge on any atom is -0.362 e. The zero-order valence-corrected chi connectivity index (χ0v) is 16.4. The summed E-state index contributed by atoms with van der Waals surface area (Å²) in [5, 5.41) is 12.2. The van der Waals surface area contributed by atoms with Crippen molar-refractivity contribution in [3.63, 3.8) is 0 Å². The van der Waals surface area contributed by atoms with Crippen LogP contribution in [0.5, 0.6) is 0 Å². The second-order valence-electron chi connectivity index (χ2n) is 5.75. The van der Waals surface area contributed by atoms with Gasteiger partial charge in [-0.25, -0.2) is 0 Å². The summed E-state index contributed by atoms with van der Waals surface area (Å²) in [4.78, 5) is 2.40. The van der Waals surface area contributed by atoms with Crippen molar-refractivity contribution in [2.75, 3.05) is 31.5 Å². The first-order chi connectivity index (χ1) is 12.1. The van der Waals surface area contributed by atoms with Crippen LogP contribution < -0.4 is 10.6 Å². The van der Waals surface area contributed by atoms with Gasteiger partial charge in [-0.1, -0.05) is 43.6 Å². The molecule has 0 bridgehead atoms. The molecule has 0 atom stereocenters. The van der Waals surface area contributed by atoms with E-state index >= 15 is 0 Å². The second kappa shape index (κ2) is 10.4. The van der Waals surface area contributed by atoms with Gasteiger partial charge in [-0.05, 0) is 49.9 Å². The average Bonchev–Trinajstić information content (AvgIpc) is 3.04. The Labute approximate surface area is 160 Å². The summed E-state index contributed by atoms with van der Waals surface area (Å²) in [6.45, 7) is 9.09. The van der Waals surface area contributed by atoms with Crippen LogP contribution in [0.15, 0.2) is 36.5 Å². The van der Waals surface area contributed by atoms with Gasteiger partial charge in [0.15, 0.2) is 10.9 Å². The third kappa shape index (κ3) is 6.65. The van der Waals surface area contributed by atoms with Crippen LogP contribution in [-0.4, -0.2) is 46.0 Å². The Hall–Kier alpha value is -1.63. The number of nitrogens with zero attached hydrogens (tertiary/aromatic N) is 3. The summed E-state index contributed by atoms with van der Waals surface area (Å²) in [7, 11) is 0. The Morgan fingerprint density at radius 2 is 2.00 bits per heavy atom. The fourth-order valence-corrected chi connectivity index (χ4v) is 2.92. The van der Waals surface area contributed by atoms with Gasteiger partial charge in [-0.3, -0.25) is 4.68 Å². The summed E-state index contributed by atoms with van der Waals surface area (Å²) < 4.78 is 1.84. The van der Waals surface area contributed by atoms with Crippen LogP contribution in [0.3, 0.4) is 0 Å². The highest BCUT2D eigenvalue weighted by atomic mass is 35.5. The fourth-order valence-electron chi connectivity index (χ4n) is 2.52. The molecule has 1 aromatic carbocycles. The molecule has 25 heavy (non-hydrogen) atoms. The zero-order valence-electron chi connectivity index (χ0n) is 14.8. The van der Waals surface area contributed by atoms with Gasteiger partial charge in [0.1, 0.15) is 0 Å². The molecule has 0 spiro atoms. The van der Waals surface area contributed by atoms with E-state index in [0.717, 1.165) is 49.0 Å². The van der Waals surface area contributed by atoms with Gasteiger partial charge < -0.3 is 15.5 Å². The lowest BCUT2D eigenvalue weighted by Crippen LogP contribution is -2.32. The molecule has 0 aliphatic carbocycles. The normalized spacial score (nSPS) is 10.9. The molecule has 0 amide bonds. The topological polar surface area (TPSA) is 45.1 Å². The second-order valence-corrected chi connectivity index (χ2v) is 6.57. The molecule has 0 unspecified atom stereocenters. The van der Waals surface area contributed by atoms with E-state index in [1.807, 2.05) is 41.2 Å². The Bertz CT molecular complexity index is 669. The highest BCUT2D eigenvalue weighted by molar-refractivity contribution is 7.80. The Morgan fingerprint density at radius 3 is 2.72 bits per heavy atom. The van der Waals surface area contributed by atoms with Gasteiger partial charge in [0, 0.05) is 23.8 Å². The van der Waals surface area contributed by atoms with Crippen LogP contribution in [0.1, 0.15) is 25.8 Å². The number of nitrogens with one attached hydrogen (secondary N) is 2. The van der Waals surface area contributed by atoms with Gasteiger partial charge in [0.2, 0.25) is 0 Å².